The molecule has 5 nitrogen and oxygen atoms in total. The van der Waals surface area contributed by atoms with Crippen molar-refractivity contribution >= 4 is 26.0 Å². The van der Waals surface area contributed by atoms with Gasteiger partial charge in [0, 0.05) is 10.0 Å². The fourth-order valence-corrected chi connectivity index (χ4v) is 4.63. The summed E-state index contributed by atoms with van der Waals surface area (Å²) in [7, 11) is -3.99. The van der Waals surface area contributed by atoms with Crippen LogP contribution in [0.3, 0.4) is 0 Å². The van der Waals surface area contributed by atoms with E-state index in [4.69, 9.17) is 4.52 Å². The van der Waals surface area contributed by atoms with E-state index in [1.807, 2.05) is 0 Å². The Balaban J connectivity index is 2.10. The van der Waals surface area contributed by atoms with Crippen molar-refractivity contribution in [3.8, 4) is 0 Å². The summed E-state index contributed by atoms with van der Waals surface area (Å²) >= 11 is 3.21. The number of nitrogens with zero attached hydrogens (tertiary/aromatic N) is 1. The van der Waals surface area contributed by atoms with Crippen LogP contribution in [0.2, 0.25) is 0 Å². The number of hydrogen-bond donors (Lipinski definition) is 1. The maximum atomic E-state index is 14.6. The standard InChI is InChI=1S/C18H16BrFN2O3S/c1-11-18(12(2)25-21-11)26(23,24)22-17(13-6-4-3-5-7-13)15-9-8-14(19)10-16(15)20/h3-10,17,22H,1-2H3. The number of halogens is 2. The van der Waals surface area contributed by atoms with Crippen molar-refractivity contribution in [2.24, 2.45) is 0 Å². The Labute approximate surface area is 159 Å². The van der Waals surface area contributed by atoms with Crippen molar-refractivity contribution in [2.75, 3.05) is 0 Å². The third-order valence-corrected chi connectivity index (χ3v) is 6.08. The summed E-state index contributed by atoms with van der Waals surface area (Å²) in [6.07, 6.45) is 0. The molecule has 8 heteroatoms. The molecule has 0 saturated heterocycles. The molecule has 3 rings (SSSR count). The Hall–Kier alpha value is -2.03. The molecule has 0 aliphatic carbocycles. The van der Waals surface area contributed by atoms with Gasteiger partial charge in [-0.3, -0.25) is 0 Å². The molecular formula is C18H16BrFN2O3S. The minimum atomic E-state index is -3.99. The number of nitrogens with one attached hydrogen (secondary N) is 1. The lowest BCUT2D eigenvalue weighted by atomic mass is 9.99. The summed E-state index contributed by atoms with van der Waals surface area (Å²) < 4.78 is 48.5. The molecule has 136 valence electrons. The minimum absolute atomic E-state index is 0.0315. The van der Waals surface area contributed by atoms with E-state index in [9.17, 15) is 12.8 Å². The predicted octanol–water partition coefficient (Wildman–Crippen LogP) is 4.26. The number of sulfonamides is 1. The first-order valence-electron chi connectivity index (χ1n) is 7.74. The number of rotatable bonds is 5. The molecular weight excluding hydrogens is 423 g/mol. The molecule has 2 aromatic carbocycles. The van der Waals surface area contributed by atoms with Gasteiger partial charge in [-0.1, -0.05) is 57.5 Å². The molecule has 0 saturated carbocycles. The van der Waals surface area contributed by atoms with E-state index in [0.717, 1.165) is 0 Å². The third-order valence-electron chi connectivity index (χ3n) is 3.92. The second-order valence-corrected chi connectivity index (χ2v) is 8.35. The molecule has 0 aliphatic heterocycles. The molecule has 0 spiro atoms. The molecule has 3 aromatic rings. The SMILES string of the molecule is Cc1noc(C)c1S(=O)(=O)NC(c1ccccc1)c1ccc(Br)cc1F. The van der Waals surface area contributed by atoms with Crippen LogP contribution in [0.4, 0.5) is 4.39 Å². The minimum Gasteiger partial charge on any atom is -0.360 e. The molecule has 0 amide bonds. The first-order valence-corrected chi connectivity index (χ1v) is 10.0. The van der Waals surface area contributed by atoms with E-state index in [1.165, 1.54) is 13.0 Å². The Morgan fingerprint density at radius 2 is 1.85 bits per heavy atom. The first-order chi connectivity index (χ1) is 12.3. The predicted molar refractivity (Wildman–Crippen MR) is 98.7 cm³/mol. The van der Waals surface area contributed by atoms with Crippen molar-refractivity contribution in [2.45, 2.75) is 24.8 Å². The maximum Gasteiger partial charge on any atom is 0.246 e. The molecule has 1 aromatic heterocycles. The Morgan fingerprint density at radius 3 is 2.42 bits per heavy atom. The lowest BCUT2D eigenvalue weighted by Gasteiger charge is -2.20. The van der Waals surface area contributed by atoms with Crippen molar-refractivity contribution < 1.29 is 17.3 Å². The van der Waals surface area contributed by atoms with Crippen LogP contribution in [0.25, 0.3) is 0 Å². The molecule has 1 heterocycles. The van der Waals surface area contributed by atoms with Crippen LogP contribution in [0.1, 0.15) is 28.6 Å². The Morgan fingerprint density at radius 1 is 1.15 bits per heavy atom. The van der Waals surface area contributed by atoms with Crippen LogP contribution in [-0.2, 0) is 10.0 Å². The summed E-state index contributed by atoms with van der Waals surface area (Å²) in [6, 6.07) is 12.4. The molecule has 0 fully saturated rings. The van der Waals surface area contributed by atoms with Crippen LogP contribution < -0.4 is 4.72 Å². The van der Waals surface area contributed by atoms with Crippen molar-refractivity contribution in [1.29, 1.82) is 0 Å². The summed E-state index contributed by atoms with van der Waals surface area (Å²) in [5.74, 6) is -0.340. The van der Waals surface area contributed by atoms with Gasteiger partial charge in [0.1, 0.15) is 16.4 Å². The zero-order chi connectivity index (χ0) is 18.9. The average Bonchev–Trinajstić information content (AvgIpc) is 2.93. The number of benzene rings is 2. The van der Waals surface area contributed by atoms with Crippen LogP contribution in [0, 0.1) is 19.7 Å². The van der Waals surface area contributed by atoms with E-state index in [0.29, 0.717) is 10.0 Å². The van der Waals surface area contributed by atoms with E-state index >= 15 is 0 Å². The number of hydrogen-bond acceptors (Lipinski definition) is 4. The lowest BCUT2D eigenvalue weighted by Crippen LogP contribution is -2.30. The lowest BCUT2D eigenvalue weighted by molar-refractivity contribution is 0.390. The van der Waals surface area contributed by atoms with Gasteiger partial charge < -0.3 is 4.52 Å². The second kappa shape index (κ2) is 7.30. The summed E-state index contributed by atoms with van der Waals surface area (Å²) in [6.45, 7) is 3.06. The molecule has 1 atom stereocenters. The van der Waals surface area contributed by atoms with Gasteiger partial charge in [-0.2, -0.15) is 4.72 Å². The van der Waals surface area contributed by atoms with Crippen LogP contribution in [0.5, 0.6) is 0 Å². The van der Waals surface area contributed by atoms with E-state index in [2.05, 4.69) is 25.8 Å². The quantitative estimate of drug-likeness (QED) is 0.645. The fraction of sp³-hybridized carbons (Fsp3) is 0.167. The Kier molecular flexibility index (Phi) is 5.27. The van der Waals surface area contributed by atoms with Crippen LogP contribution >= 0.6 is 15.9 Å². The highest BCUT2D eigenvalue weighted by Crippen LogP contribution is 2.29. The topological polar surface area (TPSA) is 72.2 Å². The zero-order valence-corrected chi connectivity index (χ0v) is 16.4. The summed E-state index contributed by atoms with van der Waals surface area (Å²) in [5.41, 5.74) is 1.08. The smallest absolute Gasteiger partial charge is 0.246 e. The van der Waals surface area contributed by atoms with Gasteiger partial charge in [0.15, 0.2) is 5.76 Å². The molecule has 1 unspecified atom stereocenters. The second-order valence-electron chi connectivity index (χ2n) is 5.78. The largest absolute Gasteiger partial charge is 0.360 e. The van der Waals surface area contributed by atoms with Gasteiger partial charge >= 0.3 is 0 Å². The maximum absolute atomic E-state index is 14.6. The molecule has 0 aliphatic rings. The van der Waals surface area contributed by atoms with Crippen LogP contribution in [-0.4, -0.2) is 13.6 Å². The Bertz CT molecular complexity index is 1020. The third kappa shape index (κ3) is 3.72. The highest BCUT2D eigenvalue weighted by molar-refractivity contribution is 9.10. The monoisotopic (exact) mass is 438 g/mol. The van der Waals surface area contributed by atoms with Crippen molar-refractivity contribution in [3.63, 3.8) is 0 Å². The van der Waals surface area contributed by atoms with Gasteiger partial charge in [0.2, 0.25) is 10.0 Å². The number of aromatic nitrogens is 1. The summed E-state index contributed by atoms with van der Waals surface area (Å²) in [5, 5.41) is 3.69. The highest BCUT2D eigenvalue weighted by Gasteiger charge is 2.29. The van der Waals surface area contributed by atoms with Gasteiger partial charge in [0.25, 0.3) is 0 Å². The summed E-state index contributed by atoms with van der Waals surface area (Å²) in [4.78, 5) is -0.0315. The van der Waals surface area contributed by atoms with Gasteiger partial charge in [-0.25, -0.2) is 12.8 Å². The van der Waals surface area contributed by atoms with E-state index in [-0.39, 0.29) is 21.9 Å². The zero-order valence-electron chi connectivity index (χ0n) is 14.0. The molecule has 0 bridgehead atoms. The molecule has 0 radical (unpaired) electrons. The highest BCUT2D eigenvalue weighted by atomic mass is 79.9. The van der Waals surface area contributed by atoms with Gasteiger partial charge in [-0.05, 0) is 31.5 Å². The average molecular weight is 439 g/mol. The van der Waals surface area contributed by atoms with Gasteiger partial charge in [-0.15, -0.1) is 0 Å². The van der Waals surface area contributed by atoms with Crippen molar-refractivity contribution in [3.05, 3.63) is 81.4 Å². The van der Waals surface area contributed by atoms with E-state index < -0.39 is 21.9 Å². The normalized spacial score (nSPS) is 12.9. The van der Waals surface area contributed by atoms with Crippen LogP contribution in [0.15, 0.2) is 62.4 Å². The van der Waals surface area contributed by atoms with Crippen molar-refractivity contribution in [1.82, 2.24) is 9.88 Å². The molecule has 26 heavy (non-hydrogen) atoms. The number of aryl methyl sites for hydroxylation is 2. The first kappa shape index (κ1) is 18.8. The van der Waals surface area contributed by atoms with E-state index in [1.54, 1.807) is 49.4 Å². The van der Waals surface area contributed by atoms with Gasteiger partial charge in [0.05, 0.1) is 6.04 Å². The fourth-order valence-electron chi connectivity index (χ4n) is 2.76. The molecule has 1 N–H and O–H groups in total.